The average Bonchev–Trinajstić information content (AvgIpc) is 3.01. The van der Waals surface area contributed by atoms with E-state index in [0.717, 1.165) is 6.04 Å². The summed E-state index contributed by atoms with van der Waals surface area (Å²) in [5, 5.41) is 3.95. The van der Waals surface area contributed by atoms with Crippen LogP contribution in [0.1, 0.15) is 77.0 Å². The summed E-state index contributed by atoms with van der Waals surface area (Å²) in [5.41, 5.74) is 0.529. The molecule has 3 rings (SSSR count). The van der Waals surface area contributed by atoms with Gasteiger partial charge < -0.3 is 5.32 Å². The van der Waals surface area contributed by atoms with E-state index in [4.69, 9.17) is 0 Å². The lowest BCUT2D eigenvalue weighted by Crippen LogP contribution is -2.58. The highest BCUT2D eigenvalue weighted by molar-refractivity contribution is 4.97. The predicted molar refractivity (Wildman–Crippen MR) is 81.5 cm³/mol. The SMILES string of the molecule is C1CCN(C2(CNC3CCCC3)CCCCC2)CC1. The predicted octanol–water partition coefficient (Wildman–Crippen LogP) is 3.71. The van der Waals surface area contributed by atoms with Gasteiger partial charge in [0.05, 0.1) is 0 Å². The molecule has 0 aromatic carbocycles. The average molecular weight is 264 g/mol. The molecule has 0 spiro atoms. The topological polar surface area (TPSA) is 15.3 Å². The highest BCUT2D eigenvalue weighted by Crippen LogP contribution is 2.35. The van der Waals surface area contributed by atoms with Gasteiger partial charge in [-0.1, -0.05) is 38.5 Å². The maximum Gasteiger partial charge on any atom is 0.0334 e. The van der Waals surface area contributed by atoms with Crippen LogP contribution >= 0.6 is 0 Å². The quantitative estimate of drug-likeness (QED) is 0.833. The Hall–Kier alpha value is -0.0800. The fourth-order valence-corrected chi connectivity index (χ4v) is 4.65. The van der Waals surface area contributed by atoms with Crippen LogP contribution in [-0.4, -0.2) is 36.1 Å². The molecule has 0 bridgehead atoms. The van der Waals surface area contributed by atoms with E-state index in [1.54, 1.807) is 0 Å². The Morgan fingerprint density at radius 2 is 1.42 bits per heavy atom. The zero-order valence-corrected chi connectivity index (χ0v) is 12.6. The number of piperidine rings is 1. The van der Waals surface area contributed by atoms with Gasteiger partial charge in [0, 0.05) is 18.1 Å². The van der Waals surface area contributed by atoms with Crippen molar-refractivity contribution in [2.45, 2.75) is 88.6 Å². The van der Waals surface area contributed by atoms with Gasteiger partial charge in [0.15, 0.2) is 0 Å². The molecule has 19 heavy (non-hydrogen) atoms. The number of likely N-dealkylation sites (tertiary alicyclic amines) is 1. The van der Waals surface area contributed by atoms with Crippen molar-refractivity contribution in [3.63, 3.8) is 0 Å². The van der Waals surface area contributed by atoms with Crippen molar-refractivity contribution >= 4 is 0 Å². The molecule has 0 unspecified atom stereocenters. The molecule has 0 atom stereocenters. The first kappa shape index (κ1) is 13.9. The summed E-state index contributed by atoms with van der Waals surface area (Å²) in [6, 6.07) is 0.837. The van der Waals surface area contributed by atoms with E-state index in [-0.39, 0.29) is 0 Å². The molecule has 1 heterocycles. The van der Waals surface area contributed by atoms with Gasteiger partial charge in [-0.05, 0) is 51.6 Å². The summed E-state index contributed by atoms with van der Waals surface area (Å²) in [7, 11) is 0. The third kappa shape index (κ3) is 3.33. The van der Waals surface area contributed by atoms with Crippen LogP contribution in [0.3, 0.4) is 0 Å². The number of hydrogen-bond donors (Lipinski definition) is 1. The lowest BCUT2D eigenvalue weighted by molar-refractivity contribution is 0.0315. The summed E-state index contributed by atoms with van der Waals surface area (Å²) < 4.78 is 0. The number of hydrogen-bond acceptors (Lipinski definition) is 2. The first-order valence-corrected chi connectivity index (χ1v) is 8.88. The normalized spacial score (nSPS) is 29.7. The molecular formula is C17H32N2. The Bertz CT molecular complexity index is 258. The van der Waals surface area contributed by atoms with Crippen LogP contribution < -0.4 is 5.32 Å². The lowest BCUT2D eigenvalue weighted by Gasteiger charge is -2.49. The monoisotopic (exact) mass is 264 g/mol. The Balaban J connectivity index is 1.61. The maximum absolute atomic E-state index is 3.95. The molecule has 3 fully saturated rings. The van der Waals surface area contributed by atoms with E-state index in [2.05, 4.69) is 10.2 Å². The lowest BCUT2D eigenvalue weighted by atomic mass is 9.79. The standard InChI is InChI=1S/C17H32N2/c1-5-11-17(12-6-1,19-13-7-2-8-14-19)15-18-16-9-3-4-10-16/h16,18H,1-15H2. The highest BCUT2D eigenvalue weighted by Gasteiger charge is 2.38. The molecule has 0 amide bonds. The molecule has 1 N–H and O–H groups in total. The zero-order valence-electron chi connectivity index (χ0n) is 12.6. The third-order valence-electron chi connectivity index (χ3n) is 5.89. The molecule has 1 aliphatic heterocycles. The summed E-state index contributed by atoms with van der Waals surface area (Å²) in [6.45, 7) is 4.01. The van der Waals surface area contributed by atoms with Crippen molar-refractivity contribution in [2.75, 3.05) is 19.6 Å². The van der Waals surface area contributed by atoms with E-state index in [0.29, 0.717) is 5.54 Å². The minimum atomic E-state index is 0.529. The van der Waals surface area contributed by atoms with Gasteiger partial charge in [0.2, 0.25) is 0 Å². The van der Waals surface area contributed by atoms with Crippen molar-refractivity contribution < 1.29 is 0 Å². The summed E-state index contributed by atoms with van der Waals surface area (Å²) >= 11 is 0. The zero-order chi connectivity index (χ0) is 13.0. The van der Waals surface area contributed by atoms with Crippen LogP contribution in [0.4, 0.5) is 0 Å². The van der Waals surface area contributed by atoms with Gasteiger partial charge in [-0.3, -0.25) is 4.90 Å². The Kier molecular flexibility index (Phi) is 4.81. The van der Waals surface area contributed by atoms with Crippen LogP contribution in [0.5, 0.6) is 0 Å². The smallest absolute Gasteiger partial charge is 0.0334 e. The Morgan fingerprint density at radius 1 is 0.789 bits per heavy atom. The fraction of sp³-hybridized carbons (Fsp3) is 1.00. The molecule has 1 saturated heterocycles. The van der Waals surface area contributed by atoms with E-state index >= 15 is 0 Å². The molecule has 2 aliphatic carbocycles. The van der Waals surface area contributed by atoms with Crippen LogP contribution in [0.2, 0.25) is 0 Å². The summed E-state index contributed by atoms with van der Waals surface area (Å²) in [5.74, 6) is 0. The molecular weight excluding hydrogens is 232 g/mol. The van der Waals surface area contributed by atoms with Crippen molar-refractivity contribution in [1.82, 2.24) is 10.2 Å². The van der Waals surface area contributed by atoms with Crippen LogP contribution in [0, 0.1) is 0 Å². The minimum absolute atomic E-state index is 0.529. The fourth-order valence-electron chi connectivity index (χ4n) is 4.65. The van der Waals surface area contributed by atoms with Crippen LogP contribution in [-0.2, 0) is 0 Å². The molecule has 3 aliphatic rings. The van der Waals surface area contributed by atoms with Gasteiger partial charge in [-0.15, -0.1) is 0 Å². The van der Waals surface area contributed by atoms with Gasteiger partial charge >= 0.3 is 0 Å². The van der Waals surface area contributed by atoms with Crippen molar-refractivity contribution in [3.05, 3.63) is 0 Å². The Morgan fingerprint density at radius 3 is 2.11 bits per heavy atom. The molecule has 2 nitrogen and oxygen atoms in total. The highest BCUT2D eigenvalue weighted by atomic mass is 15.2. The van der Waals surface area contributed by atoms with Crippen molar-refractivity contribution in [1.29, 1.82) is 0 Å². The van der Waals surface area contributed by atoms with Crippen molar-refractivity contribution in [3.8, 4) is 0 Å². The number of rotatable bonds is 4. The van der Waals surface area contributed by atoms with Gasteiger partial charge in [0.1, 0.15) is 0 Å². The van der Waals surface area contributed by atoms with Gasteiger partial charge in [-0.25, -0.2) is 0 Å². The number of nitrogens with zero attached hydrogens (tertiary/aromatic N) is 1. The minimum Gasteiger partial charge on any atom is -0.312 e. The number of nitrogens with one attached hydrogen (secondary N) is 1. The second-order valence-corrected chi connectivity index (χ2v) is 7.19. The maximum atomic E-state index is 3.95. The van der Waals surface area contributed by atoms with Crippen LogP contribution in [0.15, 0.2) is 0 Å². The third-order valence-corrected chi connectivity index (χ3v) is 5.89. The van der Waals surface area contributed by atoms with E-state index in [9.17, 15) is 0 Å². The van der Waals surface area contributed by atoms with Gasteiger partial charge in [0.25, 0.3) is 0 Å². The van der Waals surface area contributed by atoms with E-state index in [1.807, 2.05) is 0 Å². The van der Waals surface area contributed by atoms with E-state index < -0.39 is 0 Å². The Labute approximate surface area is 119 Å². The molecule has 2 saturated carbocycles. The summed E-state index contributed by atoms with van der Waals surface area (Å²) in [4.78, 5) is 2.87. The second kappa shape index (κ2) is 6.58. The molecule has 0 radical (unpaired) electrons. The van der Waals surface area contributed by atoms with Crippen LogP contribution in [0.25, 0.3) is 0 Å². The van der Waals surface area contributed by atoms with E-state index in [1.165, 1.54) is 96.7 Å². The first-order chi connectivity index (χ1) is 9.39. The largest absolute Gasteiger partial charge is 0.312 e. The first-order valence-electron chi connectivity index (χ1n) is 8.88. The second-order valence-electron chi connectivity index (χ2n) is 7.19. The van der Waals surface area contributed by atoms with Crippen molar-refractivity contribution in [2.24, 2.45) is 0 Å². The summed E-state index contributed by atoms with van der Waals surface area (Å²) in [6.07, 6.45) is 17.4. The molecule has 2 heteroatoms. The molecule has 0 aromatic heterocycles. The molecule has 0 aromatic rings. The van der Waals surface area contributed by atoms with Gasteiger partial charge in [-0.2, -0.15) is 0 Å². The molecule has 110 valence electrons.